The van der Waals surface area contributed by atoms with Gasteiger partial charge in [0.25, 0.3) is 0 Å². The van der Waals surface area contributed by atoms with Crippen LogP contribution in [0.1, 0.15) is 13.3 Å². The van der Waals surface area contributed by atoms with Gasteiger partial charge < -0.3 is 5.73 Å². The quantitative estimate of drug-likeness (QED) is 0.611. The van der Waals surface area contributed by atoms with Crippen molar-refractivity contribution >= 4 is 0 Å². The van der Waals surface area contributed by atoms with Crippen molar-refractivity contribution in [1.29, 1.82) is 0 Å². The molecule has 0 fully saturated rings. The van der Waals surface area contributed by atoms with Crippen LogP contribution in [0, 0.1) is 0 Å². The molecule has 60 valence electrons. The Kier molecular flexibility index (Phi) is 4.91. The van der Waals surface area contributed by atoms with Crippen LogP contribution < -0.4 is 5.73 Å². The van der Waals surface area contributed by atoms with Crippen molar-refractivity contribution in [2.24, 2.45) is 5.73 Å². The van der Waals surface area contributed by atoms with Gasteiger partial charge in [-0.15, -0.1) is 0 Å². The third kappa shape index (κ3) is 4.20. The zero-order chi connectivity index (χ0) is 8.69. The molecule has 11 heavy (non-hydrogen) atoms. The molecule has 2 N–H and O–H groups in total. The minimum absolute atomic E-state index is 0.719. The van der Waals surface area contributed by atoms with E-state index in [2.05, 4.69) is 20.1 Å². The molecule has 0 bridgehead atoms. The minimum atomic E-state index is 0.719. The summed E-state index contributed by atoms with van der Waals surface area (Å²) >= 11 is 0. The van der Waals surface area contributed by atoms with Crippen LogP contribution in [-0.2, 0) is 0 Å². The Balaban J connectivity index is 4.37. The summed E-state index contributed by atoms with van der Waals surface area (Å²) in [5.41, 5.74) is 7.46. The topological polar surface area (TPSA) is 26.0 Å². The number of hydrogen-bond acceptors (Lipinski definition) is 1. The molecule has 0 aliphatic carbocycles. The highest BCUT2D eigenvalue weighted by atomic mass is 14.5. The standard InChI is InChI=1S/C10H15N/c1-4-7-10(11)8-9(5-2)6-3/h4-5,7-8H,1-2,6,11H2,3H3/b9-8+,10-7+. The summed E-state index contributed by atoms with van der Waals surface area (Å²) in [5, 5.41) is 0. The fourth-order valence-electron chi connectivity index (χ4n) is 0.704. The van der Waals surface area contributed by atoms with Gasteiger partial charge in [0.05, 0.1) is 0 Å². The first kappa shape index (κ1) is 9.76. The van der Waals surface area contributed by atoms with Crippen LogP contribution in [0.2, 0.25) is 0 Å². The largest absolute Gasteiger partial charge is 0.399 e. The zero-order valence-electron chi connectivity index (χ0n) is 7.01. The van der Waals surface area contributed by atoms with E-state index < -0.39 is 0 Å². The predicted molar refractivity (Wildman–Crippen MR) is 51.0 cm³/mol. The Bertz CT molecular complexity index is 197. The van der Waals surface area contributed by atoms with E-state index in [0.717, 1.165) is 17.7 Å². The van der Waals surface area contributed by atoms with Crippen molar-refractivity contribution in [3.8, 4) is 0 Å². The molecule has 0 aromatic carbocycles. The van der Waals surface area contributed by atoms with Gasteiger partial charge in [-0.2, -0.15) is 0 Å². The molecule has 0 aromatic rings. The lowest BCUT2D eigenvalue weighted by Gasteiger charge is -1.95. The van der Waals surface area contributed by atoms with Crippen molar-refractivity contribution in [2.45, 2.75) is 13.3 Å². The summed E-state index contributed by atoms with van der Waals surface area (Å²) in [6.45, 7) is 9.28. The number of allylic oxidation sites excluding steroid dienone is 5. The van der Waals surface area contributed by atoms with Gasteiger partial charge in [-0.05, 0) is 24.1 Å². The molecule has 0 unspecified atom stereocenters. The fraction of sp³-hybridized carbons (Fsp3) is 0.200. The van der Waals surface area contributed by atoms with E-state index in [9.17, 15) is 0 Å². The van der Waals surface area contributed by atoms with Gasteiger partial charge in [-0.25, -0.2) is 0 Å². The van der Waals surface area contributed by atoms with Crippen LogP contribution in [0.15, 0.2) is 48.7 Å². The average molecular weight is 149 g/mol. The molecule has 0 spiro atoms. The van der Waals surface area contributed by atoms with Gasteiger partial charge in [-0.1, -0.05) is 32.2 Å². The predicted octanol–water partition coefficient (Wildman–Crippen LogP) is 2.54. The summed E-state index contributed by atoms with van der Waals surface area (Å²) in [4.78, 5) is 0. The van der Waals surface area contributed by atoms with Crippen LogP contribution in [0.5, 0.6) is 0 Å². The van der Waals surface area contributed by atoms with E-state index in [-0.39, 0.29) is 0 Å². The molecule has 0 atom stereocenters. The number of nitrogens with two attached hydrogens (primary N) is 1. The summed E-state index contributed by atoms with van der Waals surface area (Å²) < 4.78 is 0. The average Bonchev–Trinajstić information content (AvgIpc) is 2.01. The second kappa shape index (κ2) is 5.54. The molecule has 1 nitrogen and oxygen atoms in total. The Morgan fingerprint density at radius 2 is 2.09 bits per heavy atom. The molecule has 0 saturated carbocycles. The summed E-state index contributed by atoms with van der Waals surface area (Å²) in [6.07, 6.45) is 8.09. The second-order valence-electron chi connectivity index (χ2n) is 2.18. The van der Waals surface area contributed by atoms with Crippen LogP contribution in [-0.4, -0.2) is 0 Å². The zero-order valence-corrected chi connectivity index (χ0v) is 7.01. The molecule has 0 heterocycles. The summed E-state index contributed by atoms with van der Waals surface area (Å²) in [6, 6.07) is 0. The molecular weight excluding hydrogens is 134 g/mol. The third-order valence-electron chi connectivity index (χ3n) is 1.33. The van der Waals surface area contributed by atoms with Gasteiger partial charge in [0.1, 0.15) is 0 Å². The second-order valence-corrected chi connectivity index (χ2v) is 2.18. The smallest absolute Gasteiger partial charge is 0.0316 e. The molecule has 0 aromatic heterocycles. The lowest BCUT2D eigenvalue weighted by Crippen LogP contribution is -1.92. The Morgan fingerprint density at radius 1 is 1.45 bits per heavy atom. The lowest BCUT2D eigenvalue weighted by atomic mass is 10.1. The highest BCUT2D eigenvalue weighted by Gasteiger charge is 1.86. The third-order valence-corrected chi connectivity index (χ3v) is 1.33. The molecular formula is C10H15N. The Labute approximate surface area is 68.6 Å². The van der Waals surface area contributed by atoms with Crippen LogP contribution in [0.4, 0.5) is 0 Å². The van der Waals surface area contributed by atoms with E-state index >= 15 is 0 Å². The van der Waals surface area contributed by atoms with Crippen LogP contribution in [0.25, 0.3) is 0 Å². The first-order valence-corrected chi connectivity index (χ1v) is 3.65. The van der Waals surface area contributed by atoms with Gasteiger partial charge in [0, 0.05) is 5.70 Å². The highest BCUT2D eigenvalue weighted by Crippen LogP contribution is 2.03. The highest BCUT2D eigenvalue weighted by molar-refractivity contribution is 5.28. The van der Waals surface area contributed by atoms with E-state index in [4.69, 9.17) is 5.73 Å². The molecule has 0 aliphatic rings. The lowest BCUT2D eigenvalue weighted by molar-refractivity contribution is 1.14. The molecule has 0 rings (SSSR count). The monoisotopic (exact) mass is 149 g/mol. The van der Waals surface area contributed by atoms with Crippen molar-refractivity contribution < 1.29 is 0 Å². The summed E-state index contributed by atoms with van der Waals surface area (Å²) in [7, 11) is 0. The van der Waals surface area contributed by atoms with Crippen LogP contribution in [0.3, 0.4) is 0 Å². The summed E-state index contributed by atoms with van der Waals surface area (Å²) in [5.74, 6) is 0. The normalized spacial score (nSPS) is 12.8. The van der Waals surface area contributed by atoms with Crippen LogP contribution >= 0.6 is 0 Å². The molecule has 0 amide bonds. The molecule has 0 radical (unpaired) electrons. The van der Waals surface area contributed by atoms with Gasteiger partial charge in [0.2, 0.25) is 0 Å². The van der Waals surface area contributed by atoms with Crippen molar-refractivity contribution in [3.05, 3.63) is 48.7 Å². The van der Waals surface area contributed by atoms with Gasteiger partial charge in [-0.3, -0.25) is 0 Å². The van der Waals surface area contributed by atoms with Gasteiger partial charge >= 0.3 is 0 Å². The van der Waals surface area contributed by atoms with E-state index in [1.54, 1.807) is 12.2 Å². The number of rotatable bonds is 4. The maximum atomic E-state index is 5.60. The van der Waals surface area contributed by atoms with Gasteiger partial charge in [0.15, 0.2) is 0 Å². The first-order chi connectivity index (χ1) is 5.24. The maximum Gasteiger partial charge on any atom is 0.0316 e. The van der Waals surface area contributed by atoms with E-state index in [1.165, 1.54) is 0 Å². The maximum absolute atomic E-state index is 5.60. The minimum Gasteiger partial charge on any atom is -0.399 e. The molecule has 0 aliphatic heterocycles. The Hall–Kier alpha value is -1.24. The molecule has 1 heteroatoms. The first-order valence-electron chi connectivity index (χ1n) is 3.65. The SMILES string of the molecule is C=C/C=C(N)\C=C(/C=C)CC. The van der Waals surface area contributed by atoms with E-state index in [1.807, 2.05) is 12.2 Å². The Morgan fingerprint density at radius 3 is 2.45 bits per heavy atom. The van der Waals surface area contributed by atoms with Crippen molar-refractivity contribution in [1.82, 2.24) is 0 Å². The fourth-order valence-corrected chi connectivity index (χ4v) is 0.704. The van der Waals surface area contributed by atoms with Crippen molar-refractivity contribution in [2.75, 3.05) is 0 Å². The molecule has 0 saturated heterocycles. The van der Waals surface area contributed by atoms with E-state index in [0.29, 0.717) is 0 Å². The number of hydrogen-bond donors (Lipinski definition) is 1. The van der Waals surface area contributed by atoms with Crippen molar-refractivity contribution in [3.63, 3.8) is 0 Å².